The molecule has 0 radical (unpaired) electrons. The van der Waals surface area contributed by atoms with E-state index in [0.717, 1.165) is 22.3 Å². The van der Waals surface area contributed by atoms with Crippen molar-refractivity contribution in [3.8, 4) is 17.2 Å². The molecule has 1 N–H and O–H groups in total. The lowest BCUT2D eigenvalue weighted by Gasteiger charge is -2.37. The number of hydrogen-bond acceptors (Lipinski definition) is 4. The van der Waals surface area contributed by atoms with Crippen molar-refractivity contribution in [2.24, 2.45) is 0 Å². The van der Waals surface area contributed by atoms with E-state index in [0.29, 0.717) is 22.6 Å². The van der Waals surface area contributed by atoms with Gasteiger partial charge < -0.3 is 14.6 Å². The molecule has 1 spiro atoms. The molecular formula is C25H22O4. The van der Waals surface area contributed by atoms with E-state index in [1.54, 1.807) is 18.2 Å². The van der Waals surface area contributed by atoms with Crippen LogP contribution < -0.4 is 4.74 Å². The van der Waals surface area contributed by atoms with Crippen molar-refractivity contribution in [1.29, 1.82) is 0 Å². The fourth-order valence-electron chi connectivity index (χ4n) is 4.28. The second kappa shape index (κ2) is 5.63. The van der Waals surface area contributed by atoms with Crippen molar-refractivity contribution in [3.05, 3.63) is 88.0 Å². The number of hydrogen-bond donors (Lipinski definition) is 1. The summed E-state index contributed by atoms with van der Waals surface area (Å²) in [5.41, 5.74) is 3.86. The minimum absolute atomic E-state index is 0.0824. The molecule has 3 aromatic carbocycles. The van der Waals surface area contributed by atoms with Gasteiger partial charge in [-0.05, 0) is 53.8 Å². The van der Waals surface area contributed by atoms with Crippen LogP contribution >= 0.6 is 0 Å². The average molecular weight is 386 g/mol. The molecule has 146 valence electrons. The van der Waals surface area contributed by atoms with Crippen LogP contribution in [0.5, 0.6) is 17.2 Å². The second-order valence-electron chi connectivity index (χ2n) is 8.86. The van der Waals surface area contributed by atoms with E-state index in [9.17, 15) is 9.90 Å². The van der Waals surface area contributed by atoms with Gasteiger partial charge in [-0.25, -0.2) is 4.79 Å². The van der Waals surface area contributed by atoms with Crippen LogP contribution in [0.4, 0.5) is 0 Å². The van der Waals surface area contributed by atoms with E-state index >= 15 is 0 Å². The third-order valence-corrected chi connectivity index (χ3v) is 5.81. The second-order valence-corrected chi connectivity index (χ2v) is 8.86. The number of ether oxygens (including phenoxy) is 2. The third kappa shape index (κ3) is 2.42. The molecule has 2 heterocycles. The summed E-state index contributed by atoms with van der Waals surface area (Å²) in [7, 11) is 0. The number of esters is 1. The highest BCUT2D eigenvalue weighted by molar-refractivity contribution is 5.97. The third-order valence-electron chi connectivity index (χ3n) is 5.81. The molecule has 0 saturated heterocycles. The van der Waals surface area contributed by atoms with Gasteiger partial charge in [-0.1, -0.05) is 39.0 Å². The van der Waals surface area contributed by atoms with E-state index in [1.807, 2.05) is 37.3 Å². The minimum Gasteiger partial charge on any atom is -0.508 e. The summed E-state index contributed by atoms with van der Waals surface area (Å²) < 4.78 is 12.3. The number of benzene rings is 3. The normalized spacial score (nSPS) is 19.2. The highest BCUT2D eigenvalue weighted by Crippen LogP contribution is 2.57. The highest BCUT2D eigenvalue weighted by atomic mass is 16.6. The van der Waals surface area contributed by atoms with Crippen LogP contribution in [-0.4, -0.2) is 11.1 Å². The van der Waals surface area contributed by atoms with Crippen molar-refractivity contribution < 1.29 is 19.4 Å². The van der Waals surface area contributed by atoms with Crippen LogP contribution in [-0.2, 0) is 15.8 Å². The molecule has 0 aromatic heterocycles. The fourth-order valence-corrected chi connectivity index (χ4v) is 4.28. The summed E-state index contributed by atoms with van der Waals surface area (Å²) in [6, 6.07) is 16.8. The van der Waals surface area contributed by atoms with Gasteiger partial charge in [0.05, 0.1) is 5.56 Å². The Morgan fingerprint density at radius 2 is 1.55 bits per heavy atom. The molecule has 1 unspecified atom stereocenters. The zero-order valence-corrected chi connectivity index (χ0v) is 16.9. The number of rotatable bonds is 0. The Balaban J connectivity index is 1.89. The highest BCUT2D eigenvalue weighted by Gasteiger charge is 2.53. The summed E-state index contributed by atoms with van der Waals surface area (Å²) in [5, 5.41) is 10.0. The summed E-state index contributed by atoms with van der Waals surface area (Å²) in [5.74, 6) is 0.866. The van der Waals surface area contributed by atoms with Gasteiger partial charge in [-0.3, -0.25) is 0 Å². The largest absolute Gasteiger partial charge is 0.508 e. The van der Waals surface area contributed by atoms with Crippen molar-refractivity contribution in [1.82, 2.24) is 0 Å². The first-order chi connectivity index (χ1) is 13.7. The molecule has 2 aliphatic heterocycles. The summed E-state index contributed by atoms with van der Waals surface area (Å²) in [4.78, 5) is 12.9. The van der Waals surface area contributed by atoms with E-state index in [-0.39, 0.29) is 17.1 Å². The molecule has 2 aliphatic rings. The Morgan fingerprint density at radius 3 is 2.28 bits per heavy atom. The number of carbonyl (C=O) groups is 1. The van der Waals surface area contributed by atoms with Crippen LogP contribution in [0.2, 0.25) is 0 Å². The number of fused-ring (bicyclic) bond motifs is 6. The zero-order chi connectivity index (χ0) is 20.6. The summed E-state index contributed by atoms with van der Waals surface area (Å²) in [6.07, 6.45) is 0. The van der Waals surface area contributed by atoms with Crippen LogP contribution in [0.25, 0.3) is 0 Å². The zero-order valence-electron chi connectivity index (χ0n) is 16.9. The first-order valence-corrected chi connectivity index (χ1v) is 9.71. The summed E-state index contributed by atoms with van der Waals surface area (Å²) >= 11 is 0. The smallest absolute Gasteiger partial charge is 0.340 e. The van der Waals surface area contributed by atoms with E-state index in [4.69, 9.17) is 9.47 Å². The van der Waals surface area contributed by atoms with Gasteiger partial charge in [-0.2, -0.15) is 0 Å². The number of aromatic hydroxyl groups is 1. The molecule has 1 atom stereocenters. The standard InChI is InChI=1S/C25H22O4/c1-14-5-9-18-21(11-14)28-22-13-16(26)7-10-19(22)25(18)20-12-15(24(2,3)4)6-8-17(20)23(27)29-25/h5-13,26H,1-4H3. The topological polar surface area (TPSA) is 55.8 Å². The van der Waals surface area contributed by atoms with E-state index in [2.05, 4.69) is 26.8 Å². The van der Waals surface area contributed by atoms with Crippen molar-refractivity contribution in [3.63, 3.8) is 0 Å². The molecule has 0 saturated carbocycles. The van der Waals surface area contributed by atoms with Gasteiger partial charge in [0.15, 0.2) is 5.60 Å². The van der Waals surface area contributed by atoms with Crippen molar-refractivity contribution in [2.75, 3.05) is 0 Å². The minimum atomic E-state index is -1.10. The Morgan fingerprint density at radius 1 is 0.862 bits per heavy atom. The van der Waals surface area contributed by atoms with E-state index in [1.165, 1.54) is 0 Å². The SMILES string of the molecule is Cc1ccc2c(c1)Oc1cc(O)ccc1C21OC(=O)c2ccc(C(C)(C)C)cc21. The molecule has 0 fully saturated rings. The number of phenolic OH excluding ortho intramolecular Hbond substituents is 1. The van der Waals surface area contributed by atoms with Crippen LogP contribution in [0, 0.1) is 6.92 Å². The molecule has 4 heteroatoms. The van der Waals surface area contributed by atoms with Crippen molar-refractivity contribution in [2.45, 2.75) is 38.7 Å². The fraction of sp³-hybridized carbons (Fsp3) is 0.240. The Kier molecular flexibility index (Phi) is 3.46. The maximum atomic E-state index is 12.9. The maximum absolute atomic E-state index is 12.9. The number of aryl methyl sites for hydroxylation is 1. The van der Waals surface area contributed by atoms with Gasteiger partial charge in [0.25, 0.3) is 0 Å². The molecular weight excluding hydrogens is 364 g/mol. The summed E-state index contributed by atoms with van der Waals surface area (Å²) in [6.45, 7) is 8.42. The van der Waals surface area contributed by atoms with Crippen LogP contribution in [0.3, 0.4) is 0 Å². The van der Waals surface area contributed by atoms with Gasteiger partial charge in [0, 0.05) is 22.8 Å². The van der Waals surface area contributed by atoms with Crippen LogP contribution in [0.1, 0.15) is 58.9 Å². The maximum Gasteiger partial charge on any atom is 0.340 e. The Hall–Kier alpha value is -3.27. The van der Waals surface area contributed by atoms with Crippen LogP contribution in [0.15, 0.2) is 54.6 Å². The number of phenols is 1. The Bertz CT molecular complexity index is 1130. The molecule has 4 nitrogen and oxygen atoms in total. The Labute approximate surface area is 169 Å². The molecule has 3 aromatic rings. The molecule has 29 heavy (non-hydrogen) atoms. The molecule has 0 aliphatic carbocycles. The number of carbonyl (C=O) groups excluding carboxylic acids is 1. The quantitative estimate of drug-likeness (QED) is 0.514. The van der Waals surface area contributed by atoms with Gasteiger partial charge >= 0.3 is 5.97 Å². The molecule has 5 rings (SSSR count). The predicted molar refractivity (Wildman–Crippen MR) is 110 cm³/mol. The van der Waals surface area contributed by atoms with Gasteiger partial charge in [0.2, 0.25) is 0 Å². The van der Waals surface area contributed by atoms with Gasteiger partial charge in [0.1, 0.15) is 17.2 Å². The average Bonchev–Trinajstić information content (AvgIpc) is 2.93. The lowest BCUT2D eigenvalue weighted by Crippen LogP contribution is -2.33. The van der Waals surface area contributed by atoms with E-state index < -0.39 is 5.60 Å². The van der Waals surface area contributed by atoms with Gasteiger partial charge in [-0.15, -0.1) is 0 Å². The lowest BCUT2D eigenvalue weighted by atomic mass is 9.75. The molecule has 0 amide bonds. The van der Waals surface area contributed by atoms with Crippen molar-refractivity contribution >= 4 is 5.97 Å². The monoisotopic (exact) mass is 386 g/mol. The first kappa shape index (κ1) is 17.8. The lowest BCUT2D eigenvalue weighted by molar-refractivity contribution is 0.0224. The predicted octanol–water partition coefficient (Wildman–Crippen LogP) is 5.57. The molecule has 0 bridgehead atoms. The first-order valence-electron chi connectivity index (χ1n) is 9.71.